The third kappa shape index (κ3) is 9.71. The molecule has 0 aliphatic carbocycles. The molecule has 0 aliphatic rings. The number of amides is 3. The number of para-hydroxylation sites is 1. The summed E-state index contributed by atoms with van der Waals surface area (Å²) in [6.45, 7) is 11.6. The number of hydrogen-bond donors (Lipinski definition) is 3. The summed E-state index contributed by atoms with van der Waals surface area (Å²) in [5, 5.41) is 5.69. The highest BCUT2D eigenvalue weighted by Gasteiger charge is 2.36. The van der Waals surface area contributed by atoms with E-state index in [-0.39, 0.29) is 17.6 Å². The summed E-state index contributed by atoms with van der Waals surface area (Å²) in [7, 11) is 0. The lowest BCUT2D eigenvalue weighted by molar-refractivity contribution is -0.140. The topological polar surface area (TPSA) is 87.7 Å². The lowest BCUT2D eigenvalue weighted by Crippen LogP contribution is -2.53. The zero-order valence-electron chi connectivity index (χ0n) is 23.5. The maximum absolute atomic E-state index is 14.0. The molecule has 0 spiro atoms. The number of carbonyl (C=O) groups is 3. The lowest BCUT2D eigenvalue weighted by Gasteiger charge is -2.34. The van der Waals surface area contributed by atoms with Crippen LogP contribution in [0.5, 0.6) is 0 Å². The van der Waals surface area contributed by atoms with E-state index in [0.29, 0.717) is 17.8 Å². The normalized spacial score (nSPS) is 12.8. The second-order valence-electron chi connectivity index (χ2n) is 10.6. The van der Waals surface area contributed by atoms with Gasteiger partial charge in [0.05, 0.1) is 0 Å². The van der Waals surface area contributed by atoms with Crippen LogP contribution in [0.3, 0.4) is 0 Å². The first-order valence-corrected chi connectivity index (χ1v) is 13.9. The van der Waals surface area contributed by atoms with Gasteiger partial charge in [0.15, 0.2) is 0 Å². The third-order valence-corrected chi connectivity index (χ3v) is 6.39. The lowest BCUT2D eigenvalue weighted by atomic mass is 10.00. The van der Waals surface area contributed by atoms with Gasteiger partial charge in [0.25, 0.3) is 5.91 Å². The van der Waals surface area contributed by atoms with Gasteiger partial charge in [-0.25, -0.2) is 4.79 Å². The van der Waals surface area contributed by atoms with Crippen LogP contribution in [-0.2, 0) is 14.3 Å². The van der Waals surface area contributed by atoms with Crippen LogP contribution < -0.4 is 10.6 Å². The molecule has 2 atom stereocenters. The molecule has 0 saturated carbocycles. The minimum atomic E-state index is -0.960. The SMILES string of the molecule is CCCCCCN(C(=O)C(CS)NC(=O)OC(C)(C)C)C(C(=O)Nc1ccccc1C)c1cccc(C)c1. The first-order chi connectivity index (χ1) is 18.0. The van der Waals surface area contributed by atoms with Crippen LogP contribution in [0.15, 0.2) is 48.5 Å². The van der Waals surface area contributed by atoms with Crippen LogP contribution >= 0.6 is 12.6 Å². The van der Waals surface area contributed by atoms with Crippen LogP contribution in [0.4, 0.5) is 10.5 Å². The van der Waals surface area contributed by atoms with E-state index in [4.69, 9.17) is 4.74 Å². The number of nitrogens with one attached hydrogen (secondary N) is 2. The monoisotopic (exact) mass is 541 g/mol. The molecular formula is C30H43N3O4S. The number of hydrogen-bond acceptors (Lipinski definition) is 5. The van der Waals surface area contributed by atoms with E-state index < -0.39 is 23.8 Å². The fraction of sp³-hybridized carbons (Fsp3) is 0.500. The number of aryl methyl sites for hydroxylation is 2. The molecule has 38 heavy (non-hydrogen) atoms. The molecule has 2 unspecified atom stereocenters. The Morgan fingerprint density at radius 3 is 2.32 bits per heavy atom. The fourth-order valence-electron chi connectivity index (χ4n) is 4.14. The Hall–Kier alpha value is -3.00. The van der Waals surface area contributed by atoms with Crippen LogP contribution in [0, 0.1) is 13.8 Å². The number of anilines is 1. The molecule has 0 saturated heterocycles. The summed E-state index contributed by atoms with van der Waals surface area (Å²) in [5.74, 6) is -0.638. The first-order valence-electron chi connectivity index (χ1n) is 13.3. The number of thiol groups is 1. The molecule has 7 nitrogen and oxygen atoms in total. The molecule has 0 radical (unpaired) electrons. The molecular weight excluding hydrogens is 498 g/mol. The Kier molecular flexibility index (Phi) is 12.2. The summed E-state index contributed by atoms with van der Waals surface area (Å²) in [5.41, 5.74) is 2.57. The zero-order chi connectivity index (χ0) is 28.3. The molecule has 2 N–H and O–H groups in total. The third-order valence-electron chi connectivity index (χ3n) is 6.03. The minimum absolute atomic E-state index is 0.0590. The number of carbonyl (C=O) groups excluding carboxylic acids is 3. The molecule has 3 amide bonds. The van der Waals surface area contributed by atoms with E-state index in [1.165, 1.54) is 0 Å². The summed E-state index contributed by atoms with van der Waals surface area (Å²) in [6.07, 6.45) is 3.02. The number of unbranched alkanes of at least 4 members (excludes halogenated alkanes) is 3. The summed E-state index contributed by atoms with van der Waals surface area (Å²) >= 11 is 4.36. The van der Waals surface area contributed by atoms with E-state index in [2.05, 4.69) is 30.2 Å². The first kappa shape index (κ1) is 31.2. The second-order valence-corrected chi connectivity index (χ2v) is 11.0. The maximum atomic E-state index is 14.0. The van der Waals surface area contributed by atoms with Crippen molar-refractivity contribution in [1.82, 2.24) is 10.2 Å². The molecule has 0 fully saturated rings. The van der Waals surface area contributed by atoms with Crippen molar-refractivity contribution in [2.24, 2.45) is 0 Å². The highest BCUT2D eigenvalue weighted by molar-refractivity contribution is 7.80. The van der Waals surface area contributed by atoms with E-state index in [1.807, 2.05) is 62.4 Å². The zero-order valence-corrected chi connectivity index (χ0v) is 24.4. The van der Waals surface area contributed by atoms with Crippen LogP contribution in [0.2, 0.25) is 0 Å². The van der Waals surface area contributed by atoms with E-state index in [9.17, 15) is 14.4 Å². The van der Waals surface area contributed by atoms with Crippen molar-refractivity contribution in [3.8, 4) is 0 Å². The number of rotatable bonds is 12. The summed E-state index contributed by atoms with van der Waals surface area (Å²) in [6, 6.07) is 13.3. The molecule has 2 aromatic rings. The van der Waals surface area contributed by atoms with Gasteiger partial charge < -0.3 is 20.3 Å². The molecule has 8 heteroatoms. The number of benzene rings is 2. The van der Waals surface area contributed by atoms with Gasteiger partial charge in [-0.15, -0.1) is 0 Å². The van der Waals surface area contributed by atoms with Gasteiger partial charge in [-0.2, -0.15) is 12.6 Å². The summed E-state index contributed by atoms with van der Waals surface area (Å²) in [4.78, 5) is 42.0. The van der Waals surface area contributed by atoms with Crippen LogP contribution in [-0.4, -0.2) is 46.7 Å². The van der Waals surface area contributed by atoms with Crippen molar-refractivity contribution in [2.75, 3.05) is 17.6 Å². The predicted octanol–water partition coefficient (Wildman–Crippen LogP) is 6.22. The Morgan fingerprint density at radius 2 is 1.71 bits per heavy atom. The van der Waals surface area contributed by atoms with Gasteiger partial charge in [0.2, 0.25) is 5.91 Å². The molecule has 0 bridgehead atoms. The number of ether oxygens (including phenoxy) is 1. The van der Waals surface area contributed by atoms with E-state index in [1.54, 1.807) is 25.7 Å². The predicted molar refractivity (Wildman–Crippen MR) is 157 cm³/mol. The molecule has 0 heterocycles. The van der Waals surface area contributed by atoms with Crippen molar-refractivity contribution in [2.45, 2.75) is 84.9 Å². The van der Waals surface area contributed by atoms with Gasteiger partial charge >= 0.3 is 6.09 Å². The van der Waals surface area contributed by atoms with Gasteiger partial charge in [0.1, 0.15) is 17.7 Å². The van der Waals surface area contributed by atoms with Crippen molar-refractivity contribution >= 4 is 36.2 Å². The van der Waals surface area contributed by atoms with Gasteiger partial charge in [0, 0.05) is 18.0 Å². The maximum Gasteiger partial charge on any atom is 0.408 e. The highest BCUT2D eigenvalue weighted by atomic mass is 32.1. The van der Waals surface area contributed by atoms with Crippen LogP contribution in [0.1, 0.15) is 76.1 Å². The van der Waals surface area contributed by atoms with Crippen molar-refractivity contribution in [3.63, 3.8) is 0 Å². The average molecular weight is 542 g/mol. The standard InChI is InChI=1S/C30H43N3O4S/c1-7-8-9-12-18-33(28(35)25(20-38)32-29(36)37-30(4,5)6)26(23-16-13-14-21(2)19-23)27(34)31-24-17-11-10-15-22(24)3/h10-11,13-17,19,25-26,38H,7-9,12,18,20H2,1-6H3,(H,31,34)(H,32,36). The fourth-order valence-corrected chi connectivity index (χ4v) is 4.39. The van der Waals surface area contributed by atoms with Crippen molar-refractivity contribution in [1.29, 1.82) is 0 Å². The molecule has 2 aromatic carbocycles. The molecule has 2 rings (SSSR count). The van der Waals surface area contributed by atoms with Gasteiger partial charge in [-0.1, -0.05) is 74.2 Å². The molecule has 0 aliphatic heterocycles. The smallest absolute Gasteiger partial charge is 0.408 e. The van der Waals surface area contributed by atoms with E-state index in [0.717, 1.165) is 36.8 Å². The Balaban J connectivity index is 2.48. The Labute approximate surface area is 233 Å². The number of alkyl carbamates (subject to hydrolysis) is 1. The Bertz CT molecular complexity index is 1080. The quantitative estimate of drug-likeness (QED) is 0.220. The van der Waals surface area contributed by atoms with Gasteiger partial charge in [-0.3, -0.25) is 9.59 Å². The second kappa shape index (κ2) is 14.8. The Morgan fingerprint density at radius 1 is 1.00 bits per heavy atom. The number of nitrogens with zero attached hydrogens (tertiary/aromatic N) is 1. The molecule has 0 aromatic heterocycles. The highest BCUT2D eigenvalue weighted by Crippen LogP contribution is 2.27. The minimum Gasteiger partial charge on any atom is -0.444 e. The van der Waals surface area contributed by atoms with Crippen molar-refractivity contribution < 1.29 is 19.1 Å². The van der Waals surface area contributed by atoms with Crippen LogP contribution in [0.25, 0.3) is 0 Å². The van der Waals surface area contributed by atoms with Gasteiger partial charge in [-0.05, 0) is 58.2 Å². The molecule has 208 valence electrons. The summed E-state index contributed by atoms with van der Waals surface area (Å²) < 4.78 is 5.38. The van der Waals surface area contributed by atoms with Crippen molar-refractivity contribution in [3.05, 3.63) is 65.2 Å². The largest absolute Gasteiger partial charge is 0.444 e. The van der Waals surface area contributed by atoms with E-state index >= 15 is 0 Å². The average Bonchev–Trinajstić information content (AvgIpc) is 2.84.